The van der Waals surface area contributed by atoms with Crippen molar-refractivity contribution in [2.75, 3.05) is 30.1 Å². The summed E-state index contributed by atoms with van der Waals surface area (Å²) in [6.45, 7) is 6.86. The Hall–Kier alpha value is 1.49. The van der Waals surface area contributed by atoms with Gasteiger partial charge >= 0.3 is 5.97 Å². The fraction of sp³-hybridized carbons (Fsp3) is 0.696. The minimum Gasteiger partial charge on any atom is -0.465 e. The van der Waals surface area contributed by atoms with E-state index in [1.54, 1.807) is 23.5 Å². The Morgan fingerprint density at radius 3 is 1.64 bits per heavy atom. The Balaban J connectivity index is 1.98. The lowest BCUT2D eigenvalue weighted by molar-refractivity contribution is -0.139. The van der Waals surface area contributed by atoms with Gasteiger partial charge in [0.15, 0.2) is 0 Å². The first-order chi connectivity index (χ1) is 16.1. The number of hydrogen-bond donors (Lipinski definition) is 0. The minimum absolute atomic E-state index is 0.128. The smallest absolute Gasteiger partial charge is 0.316 e. The van der Waals surface area contributed by atoms with E-state index in [4.69, 9.17) is 4.74 Å². The van der Waals surface area contributed by atoms with Crippen molar-refractivity contribution >= 4 is 100 Å². The summed E-state index contributed by atoms with van der Waals surface area (Å²) in [5.74, 6) is 2.71. The molecule has 188 valence electrons. The quantitative estimate of drug-likeness (QED) is 0.118. The largest absolute Gasteiger partial charge is 0.465 e. The van der Waals surface area contributed by atoms with Crippen molar-refractivity contribution in [1.82, 2.24) is 0 Å². The van der Waals surface area contributed by atoms with E-state index in [2.05, 4.69) is 43.6 Å². The van der Waals surface area contributed by atoms with Crippen LogP contribution >= 0.6 is 94.1 Å². The van der Waals surface area contributed by atoms with Crippen molar-refractivity contribution in [3.8, 4) is 0 Å². The number of thioether (sulfide) groups is 8. The van der Waals surface area contributed by atoms with E-state index in [9.17, 15) is 4.79 Å². The topological polar surface area (TPSA) is 26.3 Å². The molecule has 0 atom stereocenters. The summed E-state index contributed by atoms with van der Waals surface area (Å²) in [4.78, 5) is 11.8. The molecule has 0 saturated heterocycles. The summed E-state index contributed by atoms with van der Waals surface area (Å²) in [7, 11) is 0. The molecule has 0 aromatic heterocycles. The van der Waals surface area contributed by atoms with Crippen LogP contribution in [0.5, 0.6) is 0 Å². The molecule has 0 saturated carbocycles. The van der Waals surface area contributed by atoms with E-state index in [0.717, 1.165) is 0 Å². The Bertz CT molecular complexity index is 689. The van der Waals surface area contributed by atoms with E-state index in [-0.39, 0.29) is 5.97 Å². The Morgan fingerprint density at radius 2 is 1.18 bits per heavy atom. The zero-order chi connectivity index (χ0) is 23.9. The molecule has 0 aromatic carbocycles. The van der Waals surface area contributed by atoms with Crippen LogP contribution in [0, 0.1) is 0 Å². The average Bonchev–Trinajstić information content (AvgIpc) is 3.41. The van der Waals surface area contributed by atoms with Crippen LogP contribution in [-0.2, 0) is 9.53 Å². The second-order valence-electron chi connectivity index (χ2n) is 7.25. The van der Waals surface area contributed by atoms with Crippen LogP contribution < -0.4 is 0 Å². The Labute approximate surface area is 235 Å². The molecular weight excluding hydrogens is 565 g/mol. The molecule has 0 aliphatic carbocycles. The third-order valence-electron chi connectivity index (χ3n) is 4.52. The number of ether oxygens (including phenoxy) is 1. The van der Waals surface area contributed by atoms with Crippen molar-refractivity contribution in [3.63, 3.8) is 0 Å². The zero-order valence-electron chi connectivity index (χ0n) is 20.1. The molecule has 2 rings (SSSR count). The Morgan fingerprint density at radius 1 is 0.697 bits per heavy atom. The molecule has 2 aliphatic heterocycles. The van der Waals surface area contributed by atoms with Crippen molar-refractivity contribution in [1.29, 1.82) is 0 Å². The molecule has 2 nitrogen and oxygen atoms in total. The molecule has 0 amide bonds. The average molecular weight is 601 g/mol. The summed E-state index contributed by atoms with van der Waals surface area (Å²) in [6.07, 6.45) is 12.7. The first kappa shape index (κ1) is 30.7. The van der Waals surface area contributed by atoms with Gasteiger partial charge in [-0.1, -0.05) is 99.4 Å². The molecule has 0 aromatic rings. The third kappa shape index (κ3) is 11.6. The van der Waals surface area contributed by atoms with Crippen molar-refractivity contribution in [2.45, 2.75) is 72.1 Å². The van der Waals surface area contributed by atoms with E-state index in [1.165, 1.54) is 88.3 Å². The highest BCUT2D eigenvalue weighted by atomic mass is 32.3. The van der Waals surface area contributed by atoms with Crippen molar-refractivity contribution in [2.24, 2.45) is 0 Å². The van der Waals surface area contributed by atoms with Crippen LogP contribution in [-0.4, -0.2) is 36.1 Å². The summed E-state index contributed by atoms with van der Waals surface area (Å²) in [5, 5.41) is 0. The van der Waals surface area contributed by atoms with Crippen molar-refractivity contribution in [3.05, 3.63) is 25.4 Å². The number of esters is 1. The van der Waals surface area contributed by atoms with Gasteiger partial charge in [-0.25, -0.2) is 0 Å². The van der Waals surface area contributed by atoms with Crippen LogP contribution in [0.15, 0.2) is 25.4 Å². The molecule has 10 heteroatoms. The standard InChI is InChI=1S/C23H36O2S8/c1-5-8-10-12-14-27-20-21(28-15-13-11-9-6-2)33-23(32-20)22-30-18(26-4)19(31-22)29-16-17(24)25-7-3/h5-16H2,1-4H3. The predicted octanol–water partition coefficient (Wildman–Crippen LogP) is 10.6. The normalized spacial score (nSPS) is 16.5. The van der Waals surface area contributed by atoms with Gasteiger partial charge in [0.25, 0.3) is 0 Å². The number of unbranched alkanes of at least 4 members (excludes halogenated alkanes) is 6. The first-order valence-corrected chi connectivity index (χ1v) is 19.1. The molecule has 0 unspecified atom stereocenters. The molecule has 0 spiro atoms. The van der Waals surface area contributed by atoms with E-state index >= 15 is 0 Å². The van der Waals surface area contributed by atoms with Gasteiger partial charge in [-0.15, -0.1) is 47.0 Å². The summed E-state index contributed by atoms with van der Waals surface area (Å²) in [6, 6.07) is 0. The predicted molar refractivity (Wildman–Crippen MR) is 167 cm³/mol. The van der Waals surface area contributed by atoms with Gasteiger partial charge in [-0.2, -0.15) is 0 Å². The van der Waals surface area contributed by atoms with E-state index in [1.807, 2.05) is 54.0 Å². The van der Waals surface area contributed by atoms with Crippen LogP contribution in [0.2, 0.25) is 0 Å². The molecule has 0 bridgehead atoms. The highest BCUT2D eigenvalue weighted by molar-refractivity contribution is 8.45. The molecule has 0 N–H and O–H groups in total. The van der Waals surface area contributed by atoms with E-state index in [0.29, 0.717) is 12.4 Å². The van der Waals surface area contributed by atoms with Gasteiger partial charge in [0, 0.05) is 0 Å². The van der Waals surface area contributed by atoms with Crippen LogP contribution in [0.3, 0.4) is 0 Å². The molecule has 0 radical (unpaired) electrons. The van der Waals surface area contributed by atoms with Crippen LogP contribution in [0.25, 0.3) is 0 Å². The molecule has 2 aliphatic rings. The highest BCUT2D eigenvalue weighted by Gasteiger charge is 2.30. The summed E-state index contributed by atoms with van der Waals surface area (Å²) < 4.78 is 13.5. The molecule has 0 fully saturated rings. The molecule has 2 heterocycles. The lowest BCUT2D eigenvalue weighted by atomic mass is 10.2. The minimum atomic E-state index is -0.128. The fourth-order valence-corrected chi connectivity index (χ4v) is 14.3. The zero-order valence-corrected chi connectivity index (χ0v) is 26.6. The maximum Gasteiger partial charge on any atom is 0.316 e. The van der Waals surface area contributed by atoms with Gasteiger partial charge in [0.1, 0.15) is 0 Å². The second-order valence-corrected chi connectivity index (χ2v) is 16.9. The maximum absolute atomic E-state index is 11.8. The van der Waals surface area contributed by atoms with Gasteiger partial charge < -0.3 is 4.74 Å². The Kier molecular flexibility index (Phi) is 17.4. The van der Waals surface area contributed by atoms with Gasteiger partial charge in [0.2, 0.25) is 0 Å². The maximum atomic E-state index is 11.8. The second kappa shape index (κ2) is 18.7. The first-order valence-electron chi connectivity index (χ1n) is 11.6. The highest BCUT2D eigenvalue weighted by Crippen LogP contribution is 2.66. The lowest BCUT2D eigenvalue weighted by Gasteiger charge is -2.05. The van der Waals surface area contributed by atoms with Gasteiger partial charge in [-0.05, 0) is 37.5 Å². The van der Waals surface area contributed by atoms with Crippen LogP contribution in [0.4, 0.5) is 0 Å². The number of carbonyl (C=O) groups excluding carboxylic acids is 1. The summed E-state index contributed by atoms with van der Waals surface area (Å²) >= 11 is 15.2. The third-order valence-corrected chi connectivity index (χ3v) is 16.1. The van der Waals surface area contributed by atoms with Crippen LogP contribution in [0.1, 0.15) is 72.1 Å². The molecule has 33 heavy (non-hydrogen) atoms. The number of hydrogen-bond acceptors (Lipinski definition) is 10. The molecular formula is C23H36O2S8. The summed E-state index contributed by atoms with van der Waals surface area (Å²) in [5.41, 5.74) is 0. The monoisotopic (exact) mass is 600 g/mol. The lowest BCUT2D eigenvalue weighted by Crippen LogP contribution is -2.06. The fourth-order valence-electron chi connectivity index (χ4n) is 2.82. The van der Waals surface area contributed by atoms with Crippen molar-refractivity contribution < 1.29 is 9.53 Å². The van der Waals surface area contributed by atoms with Gasteiger partial charge in [0.05, 0.1) is 37.8 Å². The van der Waals surface area contributed by atoms with Gasteiger partial charge in [-0.3, -0.25) is 4.79 Å². The SMILES string of the molecule is CCCCCCSC1=C(SCCCCCC)SC(=C2SC(SC)=C(SCC(=O)OCC)S2)S1. The number of carbonyl (C=O) groups is 1. The van der Waals surface area contributed by atoms with E-state index < -0.39 is 0 Å². The number of rotatable bonds is 17.